The maximum atomic E-state index is 13.0. The van der Waals surface area contributed by atoms with E-state index in [0.29, 0.717) is 9.90 Å². The van der Waals surface area contributed by atoms with Gasteiger partial charge in [-0.15, -0.1) is 10.2 Å². The van der Waals surface area contributed by atoms with Gasteiger partial charge >= 0.3 is 0 Å². The number of hydrogen-bond acceptors (Lipinski definition) is 9. The van der Waals surface area contributed by atoms with Gasteiger partial charge in [-0.05, 0) is 29.5 Å². The molecule has 1 aromatic carbocycles. The van der Waals surface area contributed by atoms with Crippen LogP contribution in [0.3, 0.4) is 0 Å². The number of nitrogens with one attached hydrogen (secondary N) is 1. The Morgan fingerprint density at radius 1 is 1.21 bits per heavy atom. The van der Waals surface area contributed by atoms with Crippen LogP contribution in [0.1, 0.15) is 23.0 Å². The van der Waals surface area contributed by atoms with E-state index in [1.807, 2.05) is 6.92 Å². The van der Waals surface area contributed by atoms with Crippen molar-refractivity contribution in [1.29, 1.82) is 0 Å². The van der Waals surface area contributed by atoms with E-state index in [1.54, 1.807) is 0 Å². The number of hydrogen-bond donors (Lipinski definition) is 1. The maximum absolute atomic E-state index is 13.0. The number of anilines is 1. The highest BCUT2D eigenvalue weighted by Crippen LogP contribution is 2.25. The number of amides is 1. The third-order valence-electron chi connectivity index (χ3n) is 3.31. The van der Waals surface area contributed by atoms with Crippen molar-refractivity contribution < 1.29 is 17.6 Å². The number of benzene rings is 1. The zero-order chi connectivity index (χ0) is 20.1. The van der Waals surface area contributed by atoms with Crippen LogP contribution in [0.4, 0.5) is 9.52 Å². The molecule has 146 valence electrons. The number of halogens is 1. The third kappa shape index (κ3) is 5.09. The molecule has 0 saturated heterocycles. The predicted molar refractivity (Wildman–Crippen MR) is 104 cm³/mol. The van der Waals surface area contributed by atoms with E-state index in [4.69, 9.17) is 0 Å². The smallest absolute Gasteiger partial charge is 0.276 e. The van der Waals surface area contributed by atoms with E-state index < -0.39 is 32.5 Å². The van der Waals surface area contributed by atoms with Crippen LogP contribution in [0.5, 0.6) is 0 Å². The lowest BCUT2D eigenvalue weighted by atomic mass is 10.2. The van der Waals surface area contributed by atoms with Crippen LogP contribution < -0.4 is 5.32 Å². The Kier molecular flexibility index (Phi) is 6.31. The maximum Gasteiger partial charge on any atom is 0.276 e. The molecule has 1 N–H and O–H groups in total. The van der Waals surface area contributed by atoms with Gasteiger partial charge in [0, 0.05) is 6.20 Å². The largest absolute Gasteiger partial charge is 0.295 e. The summed E-state index contributed by atoms with van der Waals surface area (Å²) >= 11 is 2.70. The molecule has 12 heteroatoms. The second-order valence-electron chi connectivity index (χ2n) is 5.37. The molecule has 0 spiro atoms. The summed E-state index contributed by atoms with van der Waals surface area (Å²) in [5, 5.41) is 10.1. The molecule has 3 aromatic rings. The predicted octanol–water partition coefficient (Wildman–Crippen LogP) is 2.81. The van der Waals surface area contributed by atoms with Gasteiger partial charge in [0.2, 0.25) is 20.1 Å². The number of carbonyl (C=O) groups is 1. The molecule has 0 aliphatic rings. The molecule has 2 aromatic heterocycles. The summed E-state index contributed by atoms with van der Waals surface area (Å²) in [4.78, 5) is 20.0. The van der Waals surface area contributed by atoms with Crippen LogP contribution in [-0.4, -0.2) is 40.2 Å². The van der Waals surface area contributed by atoms with Crippen molar-refractivity contribution in [3.05, 3.63) is 53.6 Å². The van der Waals surface area contributed by atoms with Gasteiger partial charge in [0.15, 0.2) is 4.34 Å². The van der Waals surface area contributed by atoms with Crippen molar-refractivity contribution in [3.8, 4) is 0 Å². The Morgan fingerprint density at radius 3 is 2.68 bits per heavy atom. The molecule has 0 aliphatic heterocycles. The summed E-state index contributed by atoms with van der Waals surface area (Å²) in [6, 6.07) is 6.37. The Hall–Kier alpha value is -2.44. The van der Waals surface area contributed by atoms with Crippen molar-refractivity contribution in [3.63, 3.8) is 0 Å². The average molecular weight is 440 g/mol. The number of aromatic nitrogens is 4. The summed E-state index contributed by atoms with van der Waals surface area (Å²) in [6.07, 6.45) is 1.19. The van der Waals surface area contributed by atoms with Crippen molar-refractivity contribution in [1.82, 2.24) is 20.2 Å². The number of carbonyl (C=O) groups excluding carboxylic acids is 1. The van der Waals surface area contributed by atoms with Crippen molar-refractivity contribution in [2.24, 2.45) is 0 Å². The van der Waals surface area contributed by atoms with E-state index in [1.165, 1.54) is 59.6 Å². The quantitative estimate of drug-likeness (QED) is 0.339. The van der Waals surface area contributed by atoms with Gasteiger partial charge in [0.1, 0.15) is 11.5 Å². The topological polar surface area (TPSA) is 115 Å². The van der Waals surface area contributed by atoms with Gasteiger partial charge in [-0.2, -0.15) is 0 Å². The first-order chi connectivity index (χ1) is 13.4. The van der Waals surface area contributed by atoms with E-state index in [2.05, 4.69) is 25.5 Å². The molecule has 28 heavy (non-hydrogen) atoms. The minimum absolute atomic E-state index is 0.118. The standard InChI is InChI=1S/C16H14FN5O3S3/c1-2-26-16-22-21-14(27-16)20-13(23)12-7-8-18-15(19-12)28(24,25)9-10-3-5-11(17)6-4-10/h3-8H,2,9H2,1H3,(H,20,21,23). The second-order valence-corrected chi connectivity index (χ2v) is 9.74. The second kappa shape index (κ2) is 8.71. The zero-order valence-electron chi connectivity index (χ0n) is 14.5. The first-order valence-electron chi connectivity index (χ1n) is 7.95. The lowest BCUT2D eigenvalue weighted by Gasteiger charge is -2.05. The van der Waals surface area contributed by atoms with Crippen molar-refractivity contribution in [2.45, 2.75) is 22.2 Å². The number of rotatable bonds is 7. The molecule has 2 heterocycles. The fourth-order valence-corrected chi connectivity index (χ4v) is 4.95. The van der Waals surface area contributed by atoms with Gasteiger partial charge in [0.25, 0.3) is 5.91 Å². The lowest BCUT2D eigenvalue weighted by Crippen LogP contribution is -2.17. The fourth-order valence-electron chi connectivity index (χ4n) is 2.08. The van der Waals surface area contributed by atoms with E-state index in [9.17, 15) is 17.6 Å². The fraction of sp³-hybridized carbons (Fsp3) is 0.188. The molecule has 1 amide bonds. The van der Waals surface area contributed by atoms with Crippen LogP contribution in [0, 0.1) is 5.82 Å². The number of sulfone groups is 1. The molecular weight excluding hydrogens is 425 g/mol. The van der Waals surface area contributed by atoms with Crippen LogP contribution in [0.2, 0.25) is 0 Å². The van der Waals surface area contributed by atoms with Gasteiger partial charge in [-0.25, -0.2) is 22.8 Å². The lowest BCUT2D eigenvalue weighted by molar-refractivity contribution is 0.102. The van der Waals surface area contributed by atoms with Crippen LogP contribution in [-0.2, 0) is 15.6 Å². The minimum atomic E-state index is -3.91. The molecule has 0 saturated carbocycles. The first-order valence-corrected chi connectivity index (χ1v) is 11.4. The molecule has 0 unspecified atom stereocenters. The highest BCUT2D eigenvalue weighted by atomic mass is 32.2. The number of thioether (sulfide) groups is 1. The first kappa shape index (κ1) is 20.3. The molecule has 0 atom stereocenters. The summed E-state index contributed by atoms with van der Waals surface area (Å²) in [5.41, 5.74) is 0.266. The van der Waals surface area contributed by atoms with Crippen LogP contribution in [0.15, 0.2) is 46.0 Å². The van der Waals surface area contributed by atoms with Crippen LogP contribution in [0.25, 0.3) is 0 Å². The van der Waals surface area contributed by atoms with Gasteiger partial charge < -0.3 is 0 Å². The normalized spacial score (nSPS) is 11.4. The molecule has 8 nitrogen and oxygen atoms in total. The SMILES string of the molecule is CCSc1nnc(NC(=O)c2ccnc(S(=O)(=O)Cc3ccc(F)cc3)n2)s1. The molecule has 3 rings (SSSR count). The molecule has 0 aliphatic carbocycles. The summed E-state index contributed by atoms with van der Waals surface area (Å²) in [7, 11) is -3.91. The Morgan fingerprint density at radius 2 is 1.96 bits per heavy atom. The molecular formula is C16H14FN5O3S3. The highest BCUT2D eigenvalue weighted by Gasteiger charge is 2.21. The van der Waals surface area contributed by atoms with Crippen LogP contribution >= 0.6 is 23.1 Å². The third-order valence-corrected chi connectivity index (χ3v) is 6.63. The summed E-state index contributed by atoms with van der Waals surface area (Å²) < 4.78 is 38.7. The Labute approximate surface area is 168 Å². The Bertz CT molecular complexity index is 1090. The highest BCUT2D eigenvalue weighted by molar-refractivity contribution is 8.01. The summed E-state index contributed by atoms with van der Waals surface area (Å²) in [6.45, 7) is 1.97. The Balaban J connectivity index is 1.76. The van der Waals surface area contributed by atoms with Crippen molar-refractivity contribution in [2.75, 3.05) is 11.1 Å². The van der Waals surface area contributed by atoms with E-state index in [0.717, 1.165) is 5.75 Å². The monoisotopic (exact) mass is 439 g/mol. The van der Waals surface area contributed by atoms with E-state index >= 15 is 0 Å². The summed E-state index contributed by atoms with van der Waals surface area (Å²) in [5.74, 6) is -0.672. The zero-order valence-corrected chi connectivity index (χ0v) is 16.9. The average Bonchev–Trinajstić information content (AvgIpc) is 3.11. The molecule has 0 bridgehead atoms. The molecule has 0 radical (unpaired) electrons. The van der Waals surface area contributed by atoms with Gasteiger partial charge in [-0.3, -0.25) is 10.1 Å². The van der Waals surface area contributed by atoms with Gasteiger partial charge in [-0.1, -0.05) is 42.2 Å². The van der Waals surface area contributed by atoms with E-state index in [-0.39, 0.29) is 10.8 Å². The van der Waals surface area contributed by atoms with Gasteiger partial charge in [0.05, 0.1) is 5.75 Å². The minimum Gasteiger partial charge on any atom is -0.295 e. The van der Waals surface area contributed by atoms with Crippen molar-refractivity contribution >= 4 is 44.0 Å². The number of nitrogens with zero attached hydrogens (tertiary/aromatic N) is 4. The molecule has 0 fully saturated rings.